The second kappa shape index (κ2) is 6.62. The van der Waals surface area contributed by atoms with Crippen molar-refractivity contribution in [3.8, 4) is 0 Å². The first kappa shape index (κ1) is 18.5. The maximum absolute atomic E-state index is 13.6. The first-order valence-corrected chi connectivity index (χ1v) is 10.7. The summed E-state index contributed by atoms with van der Waals surface area (Å²) in [5.41, 5.74) is 3.62. The Kier molecular flexibility index (Phi) is 4.53. The van der Waals surface area contributed by atoms with Gasteiger partial charge in [-0.05, 0) is 49.9 Å². The average molecular weight is 388 g/mol. The zero-order chi connectivity index (χ0) is 19.3. The topological polar surface area (TPSA) is 66.8 Å². The molecule has 27 heavy (non-hydrogen) atoms. The van der Waals surface area contributed by atoms with Crippen LogP contribution in [0, 0.1) is 13.8 Å². The van der Waals surface area contributed by atoms with E-state index in [1.54, 1.807) is 31.4 Å². The number of aliphatic hydroxyl groups is 1. The Bertz CT molecular complexity index is 955. The van der Waals surface area contributed by atoms with Crippen molar-refractivity contribution in [1.82, 2.24) is 0 Å². The number of sulfonamides is 1. The minimum absolute atomic E-state index is 0.0264. The highest BCUT2D eigenvalue weighted by Gasteiger charge is 2.52. The Labute approximate surface area is 160 Å². The lowest BCUT2D eigenvalue weighted by molar-refractivity contribution is -0.0483. The van der Waals surface area contributed by atoms with E-state index in [1.165, 1.54) is 4.31 Å². The summed E-state index contributed by atoms with van der Waals surface area (Å²) in [6, 6.07) is 12.2. The summed E-state index contributed by atoms with van der Waals surface area (Å²) in [5.74, 6) is -0.0264. The Morgan fingerprint density at radius 2 is 1.78 bits per heavy atom. The van der Waals surface area contributed by atoms with Crippen LogP contribution in [0.3, 0.4) is 0 Å². The molecule has 2 aromatic carbocycles. The normalized spacial score (nSPS) is 27.3. The number of anilines is 1. The smallest absolute Gasteiger partial charge is 0.264 e. The van der Waals surface area contributed by atoms with E-state index in [9.17, 15) is 13.5 Å². The highest BCUT2D eigenvalue weighted by Crippen LogP contribution is 2.51. The number of methoxy groups -OCH3 is 1. The molecule has 4 rings (SSSR count). The lowest BCUT2D eigenvalue weighted by Gasteiger charge is -2.40. The molecular weight excluding hydrogens is 362 g/mol. The molecule has 144 valence electrons. The van der Waals surface area contributed by atoms with Crippen LogP contribution in [0.2, 0.25) is 0 Å². The molecule has 0 spiro atoms. The second-order valence-electron chi connectivity index (χ2n) is 7.57. The van der Waals surface area contributed by atoms with Crippen LogP contribution in [0.25, 0.3) is 0 Å². The molecule has 2 aromatic rings. The first-order chi connectivity index (χ1) is 12.9. The summed E-state index contributed by atoms with van der Waals surface area (Å²) < 4.78 is 34.2. The van der Waals surface area contributed by atoms with Gasteiger partial charge in [0, 0.05) is 13.0 Å². The molecule has 0 amide bonds. The third kappa shape index (κ3) is 2.78. The molecule has 1 N–H and O–H groups in total. The number of aryl methyl sites for hydroxylation is 2. The number of para-hydroxylation sites is 1. The standard InChI is InChI=1S/C21H25NO4S/c1-13-7-9-15(10-8-13)27(24,25)22-19-14(2)5-4-6-16(19)17-11-12-18(26-3)21(23)20(17)22/h4-10,17-18,20-21,23H,11-12H2,1-3H3. The summed E-state index contributed by atoms with van der Waals surface area (Å²) >= 11 is 0. The first-order valence-electron chi connectivity index (χ1n) is 9.27. The molecule has 0 bridgehead atoms. The third-order valence-corrected chi connectivity index (χ3v) is 7.76. The molecule has 0 saturated heterocycles. The molecule has 6 heteroatoms. The fourth-order valence-corrected chi connectivity index (χ4v) is 6.37. The van der Waals surface area contributed by atoms with Crippen LogP contribution < -0.4 is 4.31 Å². The number of hydrogen-bond donors (Lipinski definition) is 1. The van der Waals surface area contributed by atoms with E-state index >= 15 is 0 Å². The van der Waals surface area contributed by atoms with Crippen molar-refractivity contribution >= 4 is 15.7 Å². The number of fused-ring (bicyclic) bond motifs is 3. The molecule has 0 aromatic heterocycles. The number of rotatable bonds is 3. The molecular formula is C21H25NO4S. The highest BCUT2D eigenvalue weighted by molar-refractivity contribution is 7.93. The van der Waals surface area contributed by atoms with Crippen LogP contribution >= 0.6 is 0 Å². The zero-order valence-corrected chi connectivity index (χ0v) is 16.6. The Morgan fingerprint density at radius 3 is 2.44 bits per heavy atom. The number of ether oxygens (including phenoxy) is 1. The van der Waals surface area contributed by atoms with Crippen molar-refractivity contribution in [2.75, 3.05) is 11.4 Å². The van der Waals surface area contributed by atoms with Crippen molar-refractivity contribution in [1.29, 1.82) is 0 Å². The fourth-order valence-electron chi connectivity index (χ4n) is 4.58. The third-order valence-electron chi connectivity index (χ3n) is 5.95. The maximum atomic E-state index is 13.6. The van der Waals surface area contributed by atoms with Crippen molar-refractivity contribution < 1.29 is 18.3 Å². The van der Waals surface area contributed by atoms with Gasteiger partial charge in [0.2, 0.25) is 0 Å². The van der Waals surface area contributed by atoms with Crippen molar-refractivity contribution in [2.45, 2.75) is 55.8 Å². The van der Waals surface area contributed by atoms with Gasteiger partial charge in [-0.3, -0.25) is 4.31 Å². The van der Waals surface area contributed by atoms with E-state index in [0.29, 0.717) is 12.1 Å². The Balaban J connectivity index is 1.90. The molecule has 1 fully saturated rings. The maximum Gasteiger partial charge on any atom is 0.264 e. The van der Waals surface area contributed by atoms with E-state index in [-0.39, 0.29) is 16.9 Å². The van der Waals surface area contributed by atoms with E-state index < -0.39 is 22.2 Å². The summed E-state index contributed by atoms with van der Waals surface area (Å²) in [4.78, 5) is 0.245. The van der Waals surface area contributed by atoms with Gasteiger partial charge >= 0.3 is 0 Å². The lowest BCUT2D eigenvalue weighted by Crippen LogP contribution is -2.54. The predicted octanol–water partition coefficient (Wildman–Crippen LogP) is 3.13. The van der Waals surface area contributed by atoms with Crippen LogP contribution in [-0.4, -0.2) is 38.9 Å². The van der Waals surface area contributed by atoms with Gasteiger partial charge in [0.05, 0.1) is 22.7 Å². The van der Waals surface area contributed by atoms with E-state index in [1.807, 2.05) is 32.0 Å². The summed E-state index contributed by atoms with van der Waals surface area (Å²) in [6.45, 7) is 3.85. The fraction of sp³-hybridized carbons (Fsp3) is 0.429. The average Bonchev–Trinajstić information content (AvgIpc) is 3.00. The van der Waals surface area contributed by atoms with Gasteiger partial charge in [-0.2, -0.15) is 0 Å². The number of benzene rings is 2. The Hall–Kier alpha value is -1.89. The molecule has 1 heterocycles. The molecule has 4 unspecified atom stereocenters. The predicted molar refractivity (Wildman–Crippen MR) is 105 cm³/mol. The molecule has 0 radical (unpaired) electrons. The minimum atomic E-state index is -3.81. The quantitative estimate of drug-likeness (QED) is 0.879. The van der Waals surface area contributed by atoms with E-state index in [0.717, 1.165) is 23.1 Å². The van der Waals surface area contributed by atoms with E-state index in [2.05, 4.69) is 0 Å². The number of hydrogen-bond acceptors (Lipinski definition) is 4. The number of aliphatic hydroxyl groups excluding tert-OH is 1. The SMILES string of the molecule is COC1CCC2c3cccc(C)c3N(S(=O)(=O)c3ccc(C)cc3)C2C1O. The van der Waals surface area contributed by atoms with E-state index in [4.69, 9.17) is 4.74 Å². The van der Waals surface area contributed by atoms with Crippen molar-refractivity contribution in [3.63, 3.8) is 0 Å². The van der Waals surface area contributed by atoms with Crippen LogP contribution in [0.5, 0.6) is 0 Å². The van der Waals surface area contributed by atoms with Gasteiger partial charge in [0.15, 0.2) is 0 Å². The summed E-state index contributed by atoms with van der Waals surface area (Å²) in [5, 5.41) is 11.0. The van der Waals surface area contributed by atoms with Crippen molar-refractivity contribution in [3.05, 3.63) is 59.2 Å². The van der Waals surface area contributed by atoms with Gasteiger partial charge < -0.3 is 9.84 Å². The van der Waals surface area contributed by atoms with Crippen molar-refractivity contribution in [2.24, 2.45) is 0 Å². The van der Waals surface area contributed by atoms with Crippen LogP contribution in [0.1, 0.15) is 35.4 Å². The lowest BCUT2D eigenvalue weighted by atomic mass is 9.79. The second-order valence-corrected chi connectivity index (χ2v) is 9.38. The van der Waals surface area contributed by atoms with Crippen LogP contribution in [-0.2, 0) is 14.8 Å². The summed E-state index contributed by atoms with van der Waals surface area (Å²) in [6.07, 6.45) is 0.263. The largest absolute Gasteiger partial charge is 0.388 e. The molecule has 1 saturated carbocycles. The Morgan fingerprint density at radius 1 is 1.07 bits per heavy atom. The molecule has 1 aliphatic heterocycles. The molecule has 4 atom stereocenters. The summed E-state index contributed by atoms with van der Waals surface area (Å²) in [7, 11) is -2.24. The van der Waals surface area contributed by atoms with Gasteiger partial charge in [-0.1, -0.05) is 35.9 Å². The van der Waals surface area contributed by atoms with Crippen LogP contribution in [0.4, 0.5) is 5.69 Å². The monoisotopic (exact) mass is 387 g/mol. The zero-order valence-electron chi connectivity index (χ0n) is 15.8. The van der Waals surface area contributed by atoms with Crippen LogP contribution in [0.15, 0.2) is 47.4 Å². The van der Waals surface area contributed by atoms with Gasteiger partial charge in [0.1, 0.15) is 6.10 Å². The molecule has 1 aliphatic carbocycles. The highest BCUT2D eigenvalue weighted by atomic mass is 32.2. The molecule has 2 aliphatic rings. The van der Waals surface area contributed by atoms with Gasteiger partial charge in [-0.15, -0.1) is 0 Å². The number of nitrogens with zero attached hydrogens (tertiary/aromatic N) is 1. The van der Waals surface area contributed by atoms with Gasteiger partial charge in [-0.25, -0.2) is 8.42 Å². The molecule has 5 nitrogen and oxygen atoms in total. The minimum Gasteiger partial charge on any atom is -0.388 e. The van der Waals surface area contributed by atoms with Gasteiger partial charge in [0.25, 0.3) is 10.0 Å².